The van der Waals surface area contributed by atoms with Gasteiger partial charge in [-0.3, -0.25) is 24.0 Å². The molecular weight excluding hydrogens is 1200 g/mol. The maximum atomic E-state index is 12.0. The summed E-state index contributed by atoms with van der Waals surface area (Å²) in [5, 5.41) is 8.61. The normalized spacial score (nSPS) is 11.3. The zero-order valence-electron chi connectivity index (χ0n) is 53.5. The second kappa shape index (κ2) is 76.0. The summed E-state index contributed by atoms with van der Waals surface area (Å²) in [6, 6.07) is 0. The van der Waals surface area contributed by atoms with Gasteiger partial charge < -0.3 is 119 Å². The highest BCUT2D eigenvalue weighted by molar-refractivity contribution is 5.70. The van der Waals surface area contributed by atoms with Gasteiger partial charge in [-0.25, -0.2) is 0 Å². The lowest BCUT2D eigenvalue weighted by Crippen LogP contribution is -2.14. The average Bonchev–Trinajstić information content (AvgIpc) is 3.57. The van der Waals surface area contributed by atoms with E-state index in [0.29, 0.717) is 196 Å². The Hall–Kier alpha value is -3.74. The maximum absolute atomic E-state index is 12.0. The molecule has 0 aliphatic carbocycles. The fourth-order valence-electron chi connectivity index (χ4n) is 6.68. The van der Waals surface area contributed by atoms with Crippen LogP contribution in [0.4, 0.5) is 0 Å². The molecule has 0 saturated carbocycles. The van der Waals surface area contributed by atoms with E-state index in [4.69, 9.17) is 114 Å². The number of aldehydes is 1. The summed E-state index contributed by atoms with van der Waals surface area (Å²) in [7, 11) is 0. The van der Waals surface area contributed by atoms with E-state index in [1.54, 1.807) is 0 Å². The van der Waals surface area contributed by atoms with Gasteiger partial charge in [-0.05, 0) is 77.0 Å². The number of carbonyl (C=O) groups excluding carboxylic acids is 6. The number of unbranched alkanes of at least 4 members (excludes halogenated alkanes) is 7. The van der Waals surface area contributed by atoms with Gasteiger partial charge in [0.1, 0.15) is 80.1 Å². The molecule has 530 valence electrons. The smallest absolute Gasteiger partial charge is 0.305 e. The van der Waals surface area contributed by atoms with Crippen molar-refractivity contribution in [2.45, 2.75) is 116 Å². The quantitative estimate of drug-likeness (QED) is 0.0296. The zero-order valence-corrected chi connectivity index (χ0v) is 53.5. The first kappa shape index (κ1) is 86.3. The number of carbonyl (C=O) groups is 6. The molecule has 0 spiro atoms. The van der Waals surface area contributed by atoms with Crippen molar-refractivity contribution in [2.24, 2.45) is 0 Å². The molecule has 0 aromatic rings. The molecule has 30 heteroatoms. The molecule has 1 N–H and O–H groups in total. The summed E-state index contributed by atoms with van der Waals surface area (Å²) in [5.41, 5.74) is 0. The molecule has 0 bridgehead atoms. The molecular formula is C60H110O30. The Labute approximate surface area is 532 Å². The second-order valence-corrected chi connectivity index (χ2v) is 19.1. The number of rotatable bonds is 77. The average molecular weight is 1310 g/mol. The molecule has 0 saturated heterocycles. The van der Waals surface area contributed by atoms with Crippen LogP contribution < -0.4 is 0 Å². The Morgan fingerprint density at radius 2 is 0.389 bits per heavy atom. The van der Waals surface area contributed by atoms with E-state index in [2.05, 4.69) is 0 Å². The van der Waals surface area contributed by atoms with Crippen LogP contribution in [-0.4, -0.2) is 280 Å². The molecule has 0 aliphatic rings. The maximum Gasteiger partial charge on any atom is 0.305 e. The Morgan fingerprint density at radius 3 is 0.600 bits per heavy atom. The van der Waals surface area contributed by atoms with Crippen molar-refractivity contribution >= 4 is 36.1 Å². The zero-order chi connectivity index (χ0) is 65.0. The molecule has 30 nitrogen and oxygen atoms in total. The molecule has 0 unspecified atom stereocenters. The van der Waals surface area contributed by atoms with E-state index in [0.717, 1.165) is 19.1 Å². The molecule has 0 heterocycles. The first-order valence-electron chi connectivity index (χ1n) is 31.6. The molecule has 0 aliphatic heterocycles. The van der Waals surface area contributed by atoms with Crippen LogP contribution in [0.15, 0.2) is 0 Å². The van der Waals surface area contributed by atoms with Crippen LogP contribution in [0.2, 0.25) is 0 Å². The van der Waals surface area contributed by atoms with Gasteiger partial charge in [-0.1, -0.05) is 0 Å². The minimum atomic E-state index is -0.313. The van der Waals surface area contributed by atoms with Gasteiger partial charge in [0, 0.05) is 78.2 Å². The van der Waals surface area contributed by atoms with Crippen LogP contribution in [-0.2, 0) is 138 Å². The second-order valence-electron chi connectivity index (χ2n) is 19.1. The molecule has 0 atom stereocenters. The van der Waals surface area contributed by atoms with Crippen molar-refractivity contribution in [3.8, 4) is 0 Å². The fraction of sp³-hybridized carbons (Fsp3) is 0.900. The van der Waals surface area contributed by atoms with Gasteiger partial charge in [0.25, 0.3) is 0 Å². The number of esters is 5. The third-order valence-electron chi connectivity index (χ3n) is 11.4. The predicted molar refractivity (Wildman–Crippen MR) is 317 cm³/mol. The summed E-state index contributed by atoms with van der Waals surface area (Å²) in [4.78, 5) is 69.7. The minimum Gasteiger partial charge on any atom is -0.463 e. The number of hydrogen-bond donors (Lipinski definition) is 1. The molecule has 0 aromatic heterocycles. The first-order valence-corrected chi connectivity index (χ1v) is 31.6. The monoisotopic (exact) mass is 1310 g/mol. The minimum absolute atomic E-state index is 0.0190. The number of hydrogen-bond acceptors (Lipinski definition) is 30. The van der Waals surface area contributed by atoms with Crippen molar-refractivity contribution < 1.29 is 143 Å². The SMILES string of the molecule is O=CCCCCOCOCCOCCOC(=O)CCCCOCOCCOCCOC(=O)CCCCOCOCCOCCOC(=O)CCCCOCOCCOCCOC(=O)CCCCOCOCCOCCOC(=O)CCCCOCOCCOCCO. The van der Waals surface area contributed by atoms with Crippen molar-refractivity contribution in [3.05, 3.63) is 0 Å². The summed E-state index contributed by atoms with van der Waals surface area (Å²) in [5.74, 6) is -1.51. The summed E-state index contributed by atoms with van der Waals surface area (Å²) in [6.07, 6.45) is 11.0. The van der Waals surface area contributed by atoms with Crippen LogP contribution in [0.1, 0.15) is 116 Å². The largest absolute Gasteiger partial charge is 0.463 e. The molecule has 0 aromatic carbocycles. The topological polar surface area (TPSA) is 335 Å². The molecule has 0 fully saturated rings. The molecule has 0 amide bonds. The Balaban J connectivity index is 3.30. The molecule has 90 heavy (non-hydrogen) atoms. The van der Waals surface area contributed by atoms with Crippen molar-refractivity contribution in [3.63, 3.8) is 0 Å². The van der Waals surface area contributed by atoms with Gasteiger partial charge in [-0.15, -0.1) is 0 Å². The fourth-order valence-corrected chi connectivity index (χ4v) is 6.68. The lowest BCUT2D eigenvalue weighted by Gasteiger charge is -2.09. The van der Waals surface area contributed by atoms with Gasteiger partial charge in [-0.2, -0.15) is 0 Å². The third kappa shape index (κ3) is 75.0. The van der Waals surface area contributed by atoms with Crippen molar-refractivity contribution in [1.82, 2.24) is 0 Å². The first-order chi connectivity index (χ1) is 44.4. The highest BCUT2D eigenvalue weighted by Crippen LogP contribution is 2.04. The summed E-state index contributed by atoms with van der Waals surface area (Å²) >= 11 is 0. The molecule has 0 rings (SSSR count). The lowest BCUT2D eigenvalue weighted by atomic mass is 10.2. The van der Waals surface area contributed by atoms with Crippen LogP contribution in [0.3, 0.4) is 0 Å². The standard InChI is InChI=1S/C60H110O30/c61-19-7-1-8-21-74-50-81-35-29-69-40-45-86-57(64)15-3-10-23-76-52-83-37-31-71-42-47-88-59(66)17-5-12-25-78-54-85-39-33-73-44-49-90-60(67)18-6-13-26-79-55-84-38-32-72-43-48-89-58(65)16-4-11-24-77-53-82-36-30-70-41-46-87-56(63)14-2-9-22-75-51-80-34-28-68-27-20-62/h19,62H,1-18,20-55H2. The summed E-state index contributed by atoms with van der Waals surface area (Å²) in [6.45, 7) is 9.94. The Bertz CT molecular complexity index is 1550. The van der Waals surface area contributed by atoms with Gasteiger partial charge in [0.15, 0.2) is 0 Å². The van der Waals surface area contributed by atoms with E-state index in [-0.39, 0.29) is 176 Å². The Morgan fingerprint density at radius 1 is 0.211 bits per heavy atom. The van der Waals surface area contributed by atoms with E-state index in [1.807, 2.05) is 0 Å². The number of aliphatic hydroxyl groups excluding tert-OH is 1. The van der Waals surface area contributed by atoms with Crippen LogP contribution >= 0.6 is 0 Å². The number of aliphatic hydroxyl groups is 1. The van der Waals surface area contributed by atoms with E-state index >= 15 is 0 Å². The Kier molecular flexibility index (Phi) is 72.8. The number of ether oxygens (including phenoxy) is 23. The predicted octanol–water partition coefficient (Wildman–Crippen LogP) is 3.96. The van der Waals surface area contributed by atoms with E-state index in [1.165, 1.54) is 0 Å². The highest BCUT2D eigenvalue weighted by Gasteiger charge is 2.08. The van der Waals surface area contributed by atoms with E-state index < -0.39 is 0 Å². The van der Waals surface area contributed by atoms with Gasteiger partial charge >= 0.3 is 29.8 Å². The van der Waals surface area contributed by atoms with Crippen LogP contribution in [0, 0.1) is 0 Å². The van der Waals surface area contributed by atoms with Crippen LogP contribution in [0.5, 0.6) is 0 Å². The van der Waals surface area contributed by atoms with Crippen molar-refractivity contribution in [1.29, 1.82) is 0 Å². The lowest BCUT2D eigenvalue weighted by molar-refractivity contribution is -0.146. The van der Waals surface area contributed by atoms with Crippen LogP contribution in [0.25, 0.3) is 0 Å². The van der Waals surface area contributed by atoms with Gasteiger partial charge in [0.2, 0.25) is 0 Å². The van der Waals surface area contributed by atoms with Gasteiger partial charge in [0.05, 0.1) is 126 Å². The van der Waals surface area contributed by atoms with Crippen molar-refractivity contribution in [2.75, 3.05) is 239 Å². The molecule has 0 radical (unpaired) electrons. The van der Waals surface area contributed by atoms with E-state index in [9.17, 15) is 28.8 Å². The highest BCUT2D eigenvalue weighted by atomic mass is 16.7. The third-order valence-corrected chi connectivity index (χ3v) is 11.4. The summed E-state index contributed by atoms with van der Waals surface area (Å²) < 4.78 is 122.